The van der Waals surface area contributed by atoms with Gasteiger partial charge in [0.25, 0.3) is 6.02 Å². The van der Waals surface area contributed by atoms with Gasteiger partial charge in [0.05, 0.1) is 6.04 Å². The minimum atomic E-state index is 0.334. The van der Waals surface area contributed by atoms with Crippen molar-refractivity contribution >= 4 is 6.02 Å². The number of nitrogens with two attached hydrogens (primary N) is 1. The van der Waals surface area contributed by atoms with Crippen molar-refractivity contribution < 1.29 is 4.74 Å². The van der Waals surface area contributed by atoms with E-state index in [2.05, 4.69) is 25.8 Å². The van der Waals surface area contributed by atoms with Gasteiger partial charge in [-0.2, -0.15) is 0 Å². The average molecular weight is 224 g/mol. The van der Waals surface area contributed by atoms with Crippen molar-refractivity contribution in [2.75, 3.05) is 6.61 Å². The maximum Gasteiger partial charge on any atom is 0.282 e. The lowest BCUT2D eigenvalue weighted by Gasteiger charge is -2.37. The second kappa shape index (κ2) is 4.27. The molecule has 1 fully saturated rings. The lowest BCUT2D eigenvalue weighted by molar-refractivity contribution is 0.133. The molecule has 0 aromatic heterocycles. The summed E-state index contributed by atoms with van der Waals surface area (Å²) in [6, 6.07) is 0.726. The first kappa shape index (κ1) is 11.7. The number of amidine groups is 1. The lowest BCUT2D eigenvalue weighted by atomic mass is 9.68. The molecule has 0 bridgehead atoms. The van der Waals surface area contributed by atoms with Crippen LogP contribution < -0.4 is 5.73 Å². The van der Waals surface area contributed by atoms with Gasteiger partial charge in [-0.15, -0.1) is 0 Å². The van der Waals surface area contributed by atoms with Crippen molar-refractivity contribution in [2.45, 2.75) is 52.5 Å². The van der Waals surface area contributed by atoms with E-state index in [0.717, 1.165) is 5.92 Å². The fourth-order valence-corrected chi connectivity index (χ4v) is 3.02. The van der Waals surface area contributed by atoms with Crippen molar-refractivity contribution in [3.63, 3.8) is 0 Å². The molecular weight excluding hydrogens is 200 g/mol. The molecule has 3 nitrogen and oxygen atoms in total. The third-order valence-electron chi connectivity index (χ3n) is 4.24. The van der Waals surface area contributed by atoms with E-state index < -0.39 is 0 Å². The molecule has 1 atom stereocenters. The van der Waals surface area contributed by atoms with Gasteiger partial charge >= 0.3 is 0 Å². The number of rotatable bonds is 1. The van der Waals surface area contributed by atoms with Crippen LogP contribution >= 0.6 is 0 Å². The molecule has 0 saturated heterocycles. The number of nitrogens with zero attached hydrogens (tertiary/aromatic N) is 1. The van der Waals surface area contributed by atoms with Crippen molar-refractivity contribution in [3.05, 3.63) is 0 Å². The highest BCUT2D eigenvalue weighted by Crippen LogP contribution is 2.41. The number of ether oxygens (including phenoxy) is 1. The maximum atomic E-state index is 5.56. The fourth-order valence-electron chi connectivity index (χ4n) is 3.02. The summed E-state index contributed by atoms with van der Waals surface area (Å²) in [6.45, 7) is 7.77. The topological polar surface area (TPSA) is 47.6 Å². The van der Waals surface area contributed by atoms with Crippen molar-refractivity contribution in [1.82, 2.24) is 0 Å². The minimum absolute atomic E-state index is 0.334. The van der Waals surface area contributed by atoms with Gasteiger partial charge < -0.3 is 10.5 Å². The largest absolute Gasteiger partial charge is 0.463 e. The summed E-state index contributed by atoms with van der Waals surface area (Å²) in [4.78, 5) is 4.37. The summed E-state index contributed by atoms with van der Waals surface area (Å²) in [5, 5.41) is 0. The van der Waals surface area contributed by atoms with E-state index in [4.69, 9.17) is 10.5 Å². The fraction of sp³-hybridized carbons (Fsp3) is 0.923. The van der Waals surface area contributed by atoms with Gasteiger partial charge in [0, 0.05) is 0 Å². The first-order valence-electron chi connectivity index (χ1n) is 6.43. The summed E-state index contributed by atoms with van der Waals surface area (Å²) in [5.41, 5.74) is 6.01. The Hall–Kier alpha value is -0.730. The number of hydrogen-bond donors (Lipinski definition) is 1. The third-order valence-corrected chi connectivity index (χ3v) is 4.24. The van der Waals surface area contributed by atoms with Crippen LogP contribution in [0.2, 0.25) is 0 Å². The molecule has 1 saturated carbocycles. The van der Waals surface area contributed by atoms with Gasteiger partial charge in [0.15, 0.2) is 0 Å². The zero-order valence-corrected chi connectivity index (χ0v) is 10.7. The van der Waals surface area contributed by atoms with Crippen LogP contribution in [0.5, 0.6) is 0 Å². The molecule has 0 amide bonds. The van der Waals surface area contributed by atoms with Crippen LogP contribution in [0.4, 0.5) is 0 Å². The molecule has 0 radical (unpaired) electrons. The standard InChI is InChI=1S/C13H24N2O/c1-13(2,3)10-6-4-9(5-7-10)11-8-16-12(14)15-11/h9-11H,4-8H2,1-3H3,(H2,14,15). The molecule has 16 heavy (non-hydrogen) atoms. The van der Waals surface area contributed by atoms with Crippen LogP contribution in [0.1, 0.15) is 46.5 Å². The maximum absolute atomic E-state index is 5.56. The first-order chi connectivity index (χ1) is 7.47. The highest BCUT2D eigenvalue weighted by Gasteiger charge is 2.34. The molecule has 1 heterocycles. The second-order valence-corrected chi connectivity index (χ2v) is 6.32. The Morgan fingerprint density at radius 2 is 1.81 bits per heavy atom. The van der Waals surface area contributed by atoms with Gasteiger partial charge in [-0.3, -0.25) is 0 Å². The smallest absolute Gasteiger partial charge is 0.282 e. The molecule has 1 unspecified atom stereocenters. The quantitative estimate of drug-likeness (QED) is 0.744. The normalized spacial score (nSPS) is 35.7. The molecule has 2 aliphatic rings. The number of hydrogen-bond acceptors (Lipinski definition) is 3. The van der Waals surface area contributed by atoms with Crippen LogP contribution in [0.25, 0.3) is 0 Å². The molecule has 0 aromatic rings. The molecule has 2 rings (SSSR count). The Labute approximate surface area is 98.5 Å². The zero-order valence-electron chi connectivity index (χ0n) is 10.7. The molecule has 92 valence electrons. The Morgan fingerprint density at radius 3 is 2.25 bits per heavy atom. The van der Waals surface area contributed by atoms with E-state index in [1.54, 1.807) is 0 Å². The molecular formula is C13H24N2O. The van der Waals surface area contributed by atoms with Crippen LogP contribution in [0, 0.1) is 17.3 Å². The third kappa shape index (κ3) is 2.50. The van der Waals surface area contributed by atoms with Crippen molar-refractivity contribution in [2.24, 2.45) is 28.0 Å². The summed E-state index contributed by atoms with van der Waals surface area (Å²) >= 11 is 0. The predicted octanol–water partition coefficient (Wildman–Crippen LogP) is 2.55. The summed E-state index contributed by atoms with van der Waals surface area (Å²) in [5.74, 6) is 1.56. The van der Waals surface area contributed by atoms with E-state index in [1.807, 2.05) is 0 Å². The zero-order chi connectivity index (χ0) is 11.8. The Kier molecular flexibility index (Phi) is 3.13. The summed E-state index contributed by atoms with van der Waals surface area (Å²) in [7, 11) is 0. The van der Waals surface area contributed by atoms with Crippen molar-refractivity contribution in [3.8, 4) is 0 Å². The van der Waals surface area contributed by atoms with Gasteiger partial charge in [0.1, 0.15) is 6.61 Å². The van der Waals surface area contributed by atoms with Gasteiger partial charge in [-0.25, -0.2) is 4.99 Å². The van der Waals surface area contributed by atoms with Crippen LogP contribution in [-0.2, 0) is 4.74 Å². The van der Waals surface area contributed by atoms with Crippen LogP contribution in [-0.4, -0.2) is 18.7 Å². The average Bonchev–Trinajstić information content (AvgIpc) is 2.64. The highest BCUT2D eigenvalue weighted by atomic mass is 16.5. The molecule has 0 aromatic carbocycles. The molecule has 1 aliphatic heterocycles. The predicted molar refractivity (Wildman–Crippen MR) is 66.3 cm³/mol. The molecule has 2 N–H and O–H groups in total. The van der Waals surface area contributed by atoms with Crippen molar-refractivity contribution in [1.29, 1.82) is 0 Å². The monoisotopic (exact) mass is 224 g/mol. The SMILES string of the molecule is CC(C)(C)C1CCC(C2COC(N)=N2)CC1. The Balaban J connectivity index is 1.86. The highest BCUT2D eigenvalue weighted by molar-refractivity contribution is 5.73. The van der Waals surface area contributed by atoms with Gasteiger partial charge in [0.2, 0.25) is 0 Å². The molecule has 3 heteroatoms. The van der Waals surface area contributed by atoms with E-state index in [1.165, 1.54) is 25.7 Å². The summed E-state index contributed by atoms with van der Waals surface area (Å²) in [6.07, 6.45) is 5.24. The van der Waals surface area contributed by atoms with Gasteiger partial charge in [-0.05, 0) is 42.9 Å². The van der Waals surface area contributed by atoms with Crippen LogP contribution in [0.15, 0.2) is 4.99 Å². The van der Waals surface area contributed by atoms with E-state index in [0.29, 0.717) is 30.0 Å². The van der Waals surface area contributed by atoms with E-state index in [-0.39, 0.29) is 0 Å². The summed E-state index contributed by atoms with van der Waals surface area (Å²) < 4.78 is 5.24. The van der Waals surface area contributed by atoms with Gasteiger partial charge in [-0.1, -0.05) is 20.8 Å². The second-order valence-electron chi connectivity index (χ2n) is 6.32. The molecule has 1 aliphatic carbocycles. The Morgan fingerprint density at radius 1 is 1.19 bits per heavy atom. The Bertz CT molecular complexity index is 272. The van der Waals surface area contributed by atoms with E-state index in [9.17, 15) is 0 Å². The first-order valence-corrected chi connectivity index (χ1v) is 6.43. The lowest BCUT2D eigenvalue weighted by Crippen LogP contribution is -2.30. The number of aliphatic imine (C=N–C) groups is 1. The molecule has 0 spiro atoms. The van der Waals surface area contributed by atoms with Crippen LogP contribution in [0.3, 0.4) is 0 Å². The minimum Gasteiger partial charge on any atom is -0.463 e. The van der Waals surface area contributed by atoms with E-state index >= 15 is 0 Å².